The highest BCUT2D eigenvalue weighted by molar-refractivity contribution is 5.71. The van der Waals surface area contributed by atoms with E-state index in [0.717, 1.165) is 64.2 Å². The summed E-state index contributed by atoms with van der Waals surface area (Å²) in [6.07, 6.45) is 87.8. The van der Waals surface area contributed by atoms with E-state index in [9.17, 15) is 14.4 Å². The predicted octanol–water partition coefficient (Wildman–Crippen LogP) is 25.7. The lowest BCUT2D eigenvalue weighted by Crippen LogP contribution is -2.30. The van der Waals surface area contributed by atoms with Gasteiger partial charge >= 0.3 is 17.9 Å². The van der Waals surface area contributed by atoms with Crippen molar-refractivity contribution in [2.75, 3.05) is 13.2 Å². The molecule has 82 heavy (non-hydrogen) atoms. The van der Waals surface area contributed by atoms with Crippen LogP contribution < -0.4 is 0 Å². The first-order chi connectivity index (χ1) is 40.5. The molecular formula is C76H144O6. The first-order valence-electron chi connectivity index (χ1n) is 37.3. The molecule has 0 N–H and O–H groups in total. The molecule has 0 saturated heterocycles. The fourth-order valence-corrected chi connectivity index (χ4v) is 11.6. The summed E-state index contributed by atoms with van der Waals surface area (Å²) in [5.41, 5.74) is 0. The zero-order valence-electron chi connectivity index (χ0n) is 55.8. The summed E-state index contributed by atoms with van der Waals surface area (Å²) in [6.45, 7) is 6.73. The number of allylic oxidation sites excluding steroid dienone is 4. The van der Waals surface area contributed by atoms with Gasteiger partial charge in [-0.2, -0.15) is 0 Å². The highest BCUT2D eigenvalue weighted by Gasteiger charge is 2.20. The van der Waals surface area contributed by atoms with Crippen molar-refractivity contribution in [1.29, 1.82) is 0 Å². The maximum Gasteiger partial charge on any atom is 0.306 e. The van der Waals surface area contributed by atoms with Crippen LogP contribution >= 0.6 is 0 Å². The summed E-state index contributed by atoms with van der Waals surface area (Å²) in [4.78, 5) is 38.5. The molecule has 0 rings (SSSR count). The Labute approximate surface area is 513 Å². The number of hydrogen-bond donors (Lipinski definition) is 0. The number of rotatable bonds is 70. The van der Waals surface area contributed by atoms with Gasteiger partial charge in [0.15, 0.2) is 6.10 Å². The Morgan fingerprint density at radius 2 is 0.439 bits per heavy atom. The molecule has 0 fully saturated rings. The van der Waals surface area contributed by atoms with Crippen LogP contribution in [0.2, 0.25) is 0 Å². The van der Waals surface area contributed by atoms with Crippen LogP contribution in [0.4, 0.5) is 0 Å². The molecule has 6 heteroatoms. The molecule has 0 aliphatic rings. The van der Waals surface area contributed by atoms with Gasteiger partial charge < -0.3 is 14.2 Å². The molecule has 0 spiro atoms. The smallest absolute Gasteiger partial charge is 0.306 e. The van der Waals surface area contributed by atoms with Gasteiger partial charge in [-0.3, -0.25) is 14.4 Å². The van der Waals surface area contributed by atoms with Gasteiger partial charge in [0, 0.05) is 19.3 Å². The van der Waals surface area contributed by atoms with Crippen LogP contribution in [0.3, 0.4) is 0 Å². The first-order valence-corrected chi connectivity index (χ1v) is 37.3. The second-order valence-corrected chi connectivity index (χ2v) is 25.6. The molecule has 0 aromatic rings. The summed E-state index contributed by atoms with van der Waals surface area (Å²) < 4.78 is 17.1. The number of hydrogen-bond acceptors (Lipinski definition) is 6. The number of esters is 3. The van der Waals surface area contributed by atoms with Gasteiger partial charge in [0.1, 0.15) is 13.2 Å². The van der Waals surface area contributed by atoms with Crippen molar-refractivity contribution >= 4 is 17.9 Å². The van der Waals surface area contributed by atoms with Gasteiger partial charge in [-0.15, -0.1) is 0 Å². The van der Waals surface area contributed by atoms with Crippen LogP contribution in [-0.2, 0) is 28.6 Å². The fraction of sp³-hybridized carbons (Fsp3) is 0.908. The molecule has 1 atom stereocenters. The van der Waals surface area contributed by atoms with Gasteiger partial charge in [0.25, 0.3) is 0 Å². The second kappa shape index (κ2) is 71.4. The molecule has 0 aromatic heterocycles. The monoisotopic (exact) mass is 1150 g/mol. The topological polar surface area (TPSA) is 78.9 Å². The van der Waals surface area contributed by atoms with Crippen molar-refractivity contribution in [2.45, 2.75) is 431 Å². The normalized spacial score (nSPS) is 12.1. The lowest BCUT2D eigenvalue weighted by molar-refractivity contribution is -0.167. The zero-order valence-corrected chi connectivity index (χ0v) is 55.8. The van der Waals surface area contributed by atoms with Crippen LogP contribution in [-0.4, -0.2) is 37.2 Å². The molecule has 1 unspecified atom stereocenters. The van der Waals surface area contributed by atoms with Crippen LogP contribution in [0.5, 0.6) is 0 Å². The van der Waals surface area contributed by atoms with E-state index in [1.807, 2.05) is 0 Å². The zero-order chi connectivity index (χ0) is 59.2. The summed E-state index contributed by atoms with van der Waals surface area (Å²) in [5, 5.41) is 0. The second-order valence-electron chi connectivity index (χ2n) is 25.6. The number of carbonyl (C=O) groups excluding carboxylic acids is 3. The molecular weight excluding hydrogens is 1010 g/mol. The summed E-state index contributed by atoms with van der Waals surface area (Å²) >= 11 is 0. The van der Waals surface area contributed by atoms with E-state index in [2.05, 4.69) is 45.1 Å². The van der Waals surface area contributed by atoms with E-state index in [1.54, 1.807) is 0 Å². The fourth-order valence-electron chi connectivity index (χ4n) is 11.6. The average Bonchev–Trinajstić information content (AvgIpc) is 3.47. The van der Waals surface area contributed by atoms with Gasteiger partial charge in [-0.25, -0.2) is 0 Å². The number of unbranched alkanes of at least 4 members (excludes halogenated alkanes) is 55. The molecule has 0 heterocycles. The van der Waals surface area contributed by atoms with Crippen molar-refractivity contribution in [2.24, 2.45) is 0 Å². The molecule has 0 aromatic carbocycles. The summed E-state index contributed by atoms with van der Waals surface area (Å²) in [6, 6.07) is 0. The molecule has 0 aliphatic heterocycles. The van der Waals surface area contributed by atoms with E-state index in [0.29, 0.717) is 19.3 Å². The standard InChI is InChI=1S/C76H144O6/c1-4-7-10-13-16-19-22-25-28-31-34-36-37-38-40-42-45-48-51-54-57-60-63-66-69-75(78)81-72-73(71-80-74(77)68-65-62-59-56-53-50-47-44-41-33-30-27-24-21-18-15-12-9-6-3)82-76(79)70-67-64-61-58-55-52-49-46-43-39-35-32-29-26-23-20-17-14-11-8-5-2/h23,26,32,35,73H,4-22,24-25,27-31,33-34,36-72H2,1-3H3/b26-23-,35-32-. The minimum Gasteiger partial charge on any atom is -0.462 e. The molecule has 0 aliphatic carbocycles. The SMILES string of the molecule is CCCCCCC/C=C\C/C=C\CCCCCCCCCCCC(=O)OC(COC(=O)CCCCCCCCCCCCCCCCCCCCC)COC(=O)CCCCCCCCCCCCCCCCCCCCCCCCCC. The molecule has 0 saturated carbocycles. The quantitative estimate of drug-likeness (QED) is 0.0261. The Morgan fingerprint density at radius 1 is 0.244 bits per heavy atom. The highest BCUT2D eigenvalue weighted by atomic mass is 16.6. The average molecular weight is 1150 g/mol. The third kappa shape index (κ3) is 68.7. The Morgan fingerprint density at radius 3 is 0.671 bits per heavy atom. The summed E-state index contributed by atoms with van der Waals surface area (Å²) in [5.74, 6) is -0.832. The van der Waals surface area contributed by atoms with Crippen LogP contribution in [0.1, 0.15) is 425 Å². The minimum atomic E-state index is -0.771. The van der Waals surface area contributed by atoms with Crippen LogP contribution in [0.25, 0.3) is 0 Å². The van der Waals surface area contributed by atoms with Gasteiger partial charge in [-0.1, -0.05) is 379 Å². The molecule has 484 valence electrons. The Kier molecular flexibility index (Phi) is 69.5. The third-order valence-corrected chi connectivity index (χ3v) is 17.2. The molecule has 0 amide bonds. The first kappa shape index (κ1) is 79.9. The minimum absolute atomic E-state index is 0.0660. The van der Waals surface area contributed by atoms with E-state index < -0.39 is 6.10 Å². The Hall–Kier alpha value is -2.11. The predicted molar refractivity (Wildman–Crippen MR) is 358 cm³/mol. The van der Waals surface area contributed by atoms with Crippen molar-refractivity contribution in [3.8, 4) is 0 Å². The maximum absolute atomic E-state index is 13.0. The van der Waals surface area contributed by atoms with Gasteiger partial charge in [0.05, 0.1) is 0 Å². The van der Waals surface area contributed by atoms with Gasteiger partial charge in [0.2, 0.25) is 0 Å². The Bertz CT molecular complexity index is 1320. The van der Waals surface area contributed by atoms with Crippen LogP contribution in [0, 0.1) is 0 Å². The molecule has 0 radical (unpaired) electrons. The van der Waals surface area contributed by atoms with E-state index in [4.69, 9.17) is 14.2 Å². The van der Waals surface area contributed by atoms with Crippen molar-refractivity contribution in [3.05, 3.63) is 24.3 Å². The van der Waals surface area contributed by atoms with E-state index in [-0.39, 0.29) is 31.1 Å². The summed E-state index contributed by atoms with van der Waals surface area (Å²) in [7, 11) is 0. The molecule has 6 nitrogen and oxygen atoms in total. The number of ether oxygens (including phenoxy) is 3. The van der Waals surface area contributed by atoms with Crippen LogP contribution in [0.15, 0.2) is 24.3 Å². The van der Waals surface area contributed by atoms with Crippen molar-refractivity contribution < 1.29 is 28.6 Å². The maximum atomic E-state index is 13.0. The lowest BCUT2D eigenvalue weighted by Gasteiger charge is -2.18. The molecule has 0 bridgehead atoms. The highest BCUT2D eigenvalue weighted by Crippen LogP contribution is 2.19. The van der Waals surface area contributed by atoms with Gasteiger partial charge in [-0.05, 0) is 51.4 Å². The van der Waals surface area contributed by atoms with E-state index >= 15 is 0 Å². The van der Waals surface area contributed by atoms with Crippen molar-refractivity contribution in [3.63, 3.8) is 0 Å². The third-order valence-electron chi connectivity index (χ3n) is 17.2. The largest absolute Gasteiger partial charge is 0.462 e. The van der Waals surface area contributed by atoms with Crippen molar-refractivity contribution in [1.82, 2.24) is 0 Å². The Balaban J connectivity index is 4.29. The number of carbonyl (C=O) groups is 3. The lowest BCUT2D eigenvalue weighted by atomic mass is 10.0. The van der Waals surface area contributed by atoms with E-state index in [1.165, 1.54) is 321 Å².